The summed E-state index contributed by atoms with van der Waals surface area (Å²) in [6.07, 6.45) is 3.72. The fraction of sp³-hybridized carbons (Fsp3) is 0.867. The van der Waals surface area contributed by atoms with Crippen LogP contribution in [0.2, 0.25) is 0 Å². The van der Waals surface area contributed by atoms with Gasteiger partial charge in [-0.2, -0.15) is 0 Å². The third kappa shape index (κ3) is 4.33. The van der Waals surface area contributed by atoms with E-state index in [-0.39, 0.29) is 17.9 Å². The summed E-state index contributed by atoms with van der Waals surface area (Å²) in [6, 6.07) is -0.0828. The van der Waals surface area contributed by atoms with Gasteiger partial charge in [0.25, 0.3) is 0 Å². The fourth-order valence-corrected chi connectivity index (χ4v) is 3.61. The van der Waals surface area contributed by atoms with E-state index in [4.69, 9.17) is 5.11 Å². The Morgan fingerprint density at radius 1 is 1.33 bits per heavy atom. The Morgan fingerprint density at radius 2 is 2.10 bits per heavy atom. The van der Waals surface area contributed by atoms with E-state index in [9.17, 15) is 9.59 Å². The molecule has 0 aromatic heterocycles. The maximum absolute atomic E-state index is 12.1. The molecule has 3 atom stereocenters. The second-order valence-corrected chi connectivity index (χ2v) is 6.62. The van der Waals surface area contributed by atoms with Crippen LogP contribution >= 0.6 is 0 Å². The van der Waals surface area contributed by atoms with Crippen LogP contribution in [0, 0.1) is 17.8 Å². The first-order valence-corrected chi connectivity index (χ1v) is 7.87. The molecule has 2 rings (SSSR count). The minimum Gasteiger partial charge on any atom is -0.481 e. The van der Waals surface area contributed by atoms with Crippen molar-refractivity contribution in [2.45, 2.75) is 25.7 Å². The van der Waals surface area contributed by atoms with E-state index in [1.165, 1.54) is 0 Å². The highest BCUT2D eigenvalue weighted by atomic mass is 16.4. The summed E-state index contributed by atoms with van der Waals surface area (Å²) in [5.41, 5.74) is 0. The number of aliphatic carboxylic acids is 1. The van der Waals surface area contributed by atoms with Crippen molar-refractivity contribution in [3.8, 4) is 0 Å². The van der Waals surface area contributed by atoms with Crippen molar-refractivity contribution in [3.05, 3.63) is 0 Å². The van der Waals surface area contributed by atoms with Gasteiger partial charge in [-0.15, -0.1) is 0 Å². The Labute approximate surface area is 126 Å². The van der Waals surface area contributed by atoms with Crippen LogP contribution in [0.15, 0.2) is 0 Å². The molecule has 0 aromatic carbocycles. The molecule has 6 nitrogen and oxygen atoms in total. The molecule has 6 heteroatoms. The number of carboxylic acids is 1. The van der Waals surface area contributed by atoms with Crippen molar-refractivity contribution >= 4 is 12.0 Å². The molecular weight excluding hydrogens is 270 g/mol. The van der Waals surface area contributed by atoms with Crippen molar-refractivity contribution in [2.24, 2.45) is 17.8 Å². The monoisotopic (exact) mass is 297 g/mol. The number of hydrogen-bond acceptors (Lipinski definition) is 3. The zero-order valence-electron chi connectivity index (χ0n) is 13.0. The van der Waals surface area contributed by atoms with Crippen LogP contribution in [0.1, 0.15) is 25.7 Å². The van der Waals surface area contributed by atoms with Crippen molar-refractivity contribution in [2.75, 3.05) is 40.3 Å². The molecule has 1 aliphatic heterocycles. The molecule has 0 aromatic rings. The first-order valence-electron chi connectivity index (χ1n) is 7.87. The van der Waals surface area contributed by atoms with Crippen LogP contribution in [0.25, 0.3) is 0 Å². The average molecular weight is 297 g/mol. The lowest BCUT2D eigenvalue weighted by atomic mass is 9.96. The smallest absolute Gasteiger partial charge is 0.317 e. The van der Waals surface area contributed by atoms with E-state index in [1.54, 1.807) is 4.90 Å². The van der Waals surface area contributed by atoms with Gasteiger partial charge in [-0.3, -0.25) is 4.79 Å². The number of carbonyl (C=O) groups is 2. The summed E-state index contributed by atoms with van der Waals surface area (Å²) in [7, 11) is 3.92. The topological polar surface area (TPSA) is 72.9 Å². The van der Waals surface area contributed by atoms with Crippen LogP contribution in [0.5, 0.6) is 0 Å². The summed E-state index contributed by atoms with van der Waals surface area (Å²) in [4.78, 5) is 27.2. The number of likely N-dealkylation sites (tertiary alicyclic amines) is 1. The third-order valence-electron chi connectivity index (χ3n) is 4.86. The number of nitrogens with one attached hydrogen (secondary N) is 1. The van der Waals surface area contributed by atoms with E-state index in [2.05, 4.69) is 17.3 Å². The standard InChI is InChI=1S/C15H27N3O3/c1-17-7-6-11(9-17)10-18(2)15(21)16-8-12-4-3-5-13(12)14(19)20/h11-13H,3-10H2,1-2H3,(H,16,21)(H,19,20). The fourth-order valence-electron chi connectivity index (χ4n) is 3.61. The number of carbonyl (C=O) groups excluding carboxylic acids is 1. The highest BCUT2D eigenvalue weighted by Gasteiger charge is 2.33. The van der Waals surface area contributed by atoms with Gasteiger partial charge in [0, 0.05) is 26.7 Å². The van der Waals surface area contributed by atoms with Crippen LogP contribution in [0.3, 0.4) is 0 Å². The molecule has 2 aliphatic rings. The number of hydrogen-bond donors (Lipinski definition) is 2. The second-order valence-electron chi connectivity index (χ2n) is 6.62. The molecule has 3 unspecified atom stereocenters. The Bertz CT molecular complexity index is 388. The van der Waals surface area contributed by atoms with Crippen LogP contribution < -0.4 is 5.32 Å². The lowest BCUT2D eigenvalue weighted by Gasteiger charge is -2.23. The van der Waals surface area contributed by atoms with Gasteiger partial charge >= 0.3 is 12.0 Å². The zero-order chi connectivity index (χ0) is 15.4. The second kappa shape index (κ2) is 7.11. The van der Waals surface area contributed by atoms with Crippen LogP contribution in [-0.2, 0) is 4.79 Å². The number of amides is 2. The van der Waals surface area contributed by atoms with E-state index in [1.807, 2.05) is 7.05 Å². The van der Waals surface area contributed by atoms with Crippen LogP contribution in [-0.4, -0.2) is 67.2 Å². The van der Waals surface area contributed by atoms with Gasteiger partial charge in [-0.05, 0) is 44.7 Å². The van der Waals surface area contributed by atoms with Gasteiger partial charge in [-0.1, -0.05) is 6.42 Å². The Balaban J connectivity index is 1.72. The van der Waals surface area contributed by atoms with Gasteiger partial charge in [0.1, 0.15) is 0 Å². The van der Waals surface area contributed by atoms with E-state index < -0.39 is 5.97 Å². The summed E-state index contributed by atoms with van der Waals surface area (Å²) in [5, 5.41) is 12.0. The van der Waals surface area contributed by atoms with E-state index in [0.29, 0.717) is 12.5 Å². The van der Waals surface area contributed by atoms with Crippen molar-refractivity contribution in [1.82, 2.24) is 15.1 Å². The molecule has 21 heavy (non-hydrogen) atoms. The lowest BCUT2D eigenvalue weighted by molar-refractivity contribution is -0.142. The molecule has 1 saturated heterocycles. The van der Waals surface area contributed by atoms with Crippen LogP contribution in [0.4, 0.5) is 4.79 Å². The normalized spacial score (nSPS) is 29.5. The zero-order valence-corrected chi connectivity index (χ0v) is 13.0. The Kier molecular flexibility index (Phi) is 5.45. The lowest BCUT2D eigenvalue weighted by Crippen LogP contribution is -2.42. The molecular formula is C15H27N3O3. The molecule has 2 N–H and O–H groups in total. The molecule has 1 saturated carbocycles. The Morgan fingerprint density at radius 3 is 2.71 bits per heavy atom. The number of nitrogens with zero attached hydrogens (tertiary/aromatic N) is 2. The third-order valence-corrected chi connectivity index (χ3v) is 4.86. The number of carboxylic acid groups (broad SMARTS) is 1. The van der Waals surface area contributed by atoms with Gasteiger partial charge in [0.2, 0.25) is 0 Å². The molecule has 0 radical (unpaired) electrons. The Hall–Kier alpha value is -1.30. The van der Waals surface area contributed by atoms with Crippen molar-refractivity contribution in [1.29, 1.82) is 0 Å². The van der Waals surface area contributed by atoms with Crippen molar-refractivity contribution in [3.63, 3.8) is 0 Å². The molecule has 1 heterocycles. The van der Waals surface area contributed by atoms with Gasteiger partial charge in [-0.25, -0.2) is 4.79 Å². The molecule has 1 aliphatic carbocycles. The predicted molar refractivity (Wildman–Crippen MR) is 80.1 cm³/mol. The largest absolute Gasteiger partial charge is 0.481 e. The first kappa shape index (κ1) is 16.1. The van der Waals surface area contributed by atoms with E-state index >= 15 is 0 Å². The maximum Gasteiger partial charge on any atom is 0.317 e. The van der Waals surface area contributed by atoms with Gasteiger partial charge in [0.05, 0.1) is 5.92 Å². The summed E-state index contributed by atoms with van der Waals surface area (Å²) < 4.78 is 0. The SMILES string of the molecule is CN1CCC(CN(C)C(=O)NCC2CCCC2C(=O)O)C1. The number of urea groups is 1. The highest BCUT2D eigenvalue weighted by molar-refractivity contribution is 5.74. The maximum atomic E-state index is 12.1. The summed E-state index contributed by atoms with van der Waals surface area (Å²) >= 11 is 0. The van der Waals surface area contributed by atoms with Gasteiger partial charge < -0.3 is 20.2 Å². The summed E-state index contributed by atoms with van der Waals surface area (Å²) in [6.45, 7) is 3.39. The highest BCUT2D eigenvalue weighted by Crippen LogP contribution is 2.31. The van der Waals surface area contributed by atoms with E-state index in [0.717, 1.165) is 45.3 Å². The molecule has 0 spiro atoms. The molecule has 2 fully saturated rings. The van der Waals surface area contributed by atoms with Gasteiger partial charge in [0.15, 0.2) is 0 Å². The molecule has 120 valence electrons. The summed E-state index contributed by atoms with van der Waals surface area (Å²) in [5.74, 6) is -0.394. The quantitative estimate of drug-likeness (QED) is 0.796. The van der Waals surface area contributed by atoms with Crippen molar-refractivity contribution < 1.29 is 14.7 Å². The minimum atomic E-state index is -0.728. The minimum absolute atomic E-state index is 0.0810. The molecule has 0 bridgehead atoms. The number of rotatable bonds is 5. The first-order chi connectivity index (χ1) is 9.97. The predicted octanol–water partition coefficient (Wildman–Crippen LogP) is 1.08. The molecule has 2 amide bonds. The average Bonchev–Trinajstić information content (AvgIpc) is 3.04.